The average Bonchev–Trinajstić information content (AvgIpc) is 2.90. The van der Waals surface area contributed by atoms with Crippen molar-refractivity contribution in [2.45, 2.75) is 10.1 Å². The SMILES string of the molecule is Cn1ccnc1Sc1ccc(/C=C(\C#N)C(N)=O)cc1[N+](=O)[O-]. The third kappa shape index (κ3) is 3.75. The van der Waals surface area contributed by atoms with Crippen LogP contribution in [0.3, 0.4) is 0 Å². The summed E-state index contributed by atoms with van der Waals surface area (Å²) in [6.07, 6.45) is 4.54. The zero-order valence-corrected chi connectivity index (χ0v) is 12.8. The van der Waals surface area contributed by atoms with Gasteiger partial charge in [-0.1, -0.05) is 6.07 Å². The highest BCUT2D eigenvalue weighted by molar-refractivity contribution is 7.99. The van der Waals surface area contributed by atoms with Crippen molar-refractivity contribution in [1.82, 2.24) is 9.55 Å². The fourth-order valence-electron chi connectivity index (χ4n) is 1.73. The van der Waals surface area contributed by atoms with E-state index in [1.165, 1.54) is 12.1 Å². The minimum Gasteiger partial charge on any atom is -0.365 e. The average molecular weight is 329 g/mol. The van der Waals surface area contributed by atoms with Crippen molar-refractivity contribution in [3.63, 3.8) is 0 Å². The first-order chi connectivity index (χ1) is 10.9. The Balaban J connectivity index is 2.44. The van der Waals surface area contributed by atoms with E-state index in [0.717, 1.165) is 11.8 Å². The molecule has 116 valence electrons. The number of imidazole rings is 1. The second-order valence-corrected chi connectivity index (χ2v) is 5.45. The molecule has 0 atom stereocenters. The number of nitro groups is 1. The Morgan fingerprint density at radius 3 is 2.83 bits per heavy atom. The van der Waals surface area contributed by atoms with Gasteiger partial charge in [-0.2, -0.15) is 5.26 Å². The Kier molecular flexibility index (Phi) is 4.78. The Morgan fingerprint density at radius 2 is 2.30 bits per heavy atom. The van der Waals surface area contributed by atoms with Gasteiger partial charge in [-0.15, -0.1) is 0 Å². The maximum Gasteiger partial charge on any atom is 0.283 e. The van der Waals surface area contributed by atoms with Gasteiger partial charge in [0.2, 0.25) is 0 Å². The highest BCUT2D eigenvalue weighted by Gasteiger charge is 2.17. The second kappa shape index (κ2) is 6.76. The van der Waals surface area contributed by atoms with E-state index in [2.05, 4.69) is 4.98 Å². The molecule has 1 amide bonds. The Hall–Kier alpha value is -3.12. The van der Waals surface area contributed by atoms with Gasteiger partial charge in [-0.05, 0) is 29.5 Å². The molecule has 0 radical (unpaired) electrons. The van der Waals surface area contributed by atoms with Crippen molar-refractivity contribution >= 4 is 29.4 Å². The van der Waals surface area contributed by atoms with Crippen molar-refractivity contribution in [3.8, 4) is 6.07 Å². The summed E-state index contributed by atoms with van der Waals surface area (Å²) >= 11 is 1.15. The summed E-state index contributed by atoms with van der Waals surface area (Å²) in [7, 11) is 1.78. The van der Waals surface area contributed by atoms with E-state index in [4.69, 9.17) is 11.0 Å². The molecule has 0 fully saturated rings. The first-order valence-electron chi connectivity index (χ1n) is 6.27. The molecule has 0 saturated carbocycles. The van der Waals surface area contributed by atoms with Crippen LogP contribution in [0.1, 0.15) is 5.56 Å². The van der Waals surface area contributed by atoms with Crippen molar-refractivity contribution in [1.29, 1.82) is 5.26 Å². The minimum atomic E-state index is -0.887. The van der Waals surface area contributed by atoms with E-state index in [1.807, 2.05) is 0 Å². The highest BCUT2D eigenvalue weighted by Crippen LogP contribution is 2.34. The molecule has 0 aliphatic carbocycles. The van der Waals surface area contributed by atoms with Crippen molar-refractivity contribution < 1.29 is 9.72 Å². The van der Waals surface area contributed by atoms with Gasteiger partial charge in [-0.25, -0.2) is 4.98 Å². The predicted molar refractivity (Wildman–Crippen MR) is 83.2 cm³/mol. The lowest BCUT2D eigenvalue weighted by atomic mass is 10.1. The van der Waals surface area contributed by atoms with Gasteiger partial charge in [0.1, 0.15) is 11.6 Å². The number of hydrogen-bond acceptors (Lipinski definition) is 6. The van der Waals surface area contributed by atoms with E-state index in [1.54, 1.807) is 42.2 Å². The summed E-state index contributed by atoms with van der Waals surface area (Å²) < 4.78 is 1.74. The molecule has 23 heavy (non-hydrogen) atoms. The molecule has 0 spiro atoms. The number of nitro benzene ring substituents is 1. The molecule has 0 unspecified atom stereocenters. The Bertz CT molecular complexity index is 850. The standard InChI is InChI=1S/C14H11N5O3S/c1-18-5-4-17-14(18)23-12-3-2-9(7-11(12)19(21)22)6-10(8-15)13(16)20/h2-7H,1H3,(H2,16,20)/b10-6+. The first-order valence-corrected chi connectivity index (χ1v) is 7.09. The number of aromatic nitrogens is 2. The molecule has 2 N–H and O–H groups in total. The number of nitriles is 1. The molecule has 1 aromatic carbocycles. The van der Waals surface area contributed by atoms with Crippen molar-refractivity contribution in [2.24, 2.45) is 12.8 Å². The number of amides is 1. The van der Waals surface area contributed by atoms with Crippen LogP contribution in [0, 0.1) is 21.4 Å². The van der Waals surface area contributed by atoms with Crippen LogP contribution in [0.2, 0.25) is 0 Å². The molecule has 0 aliphatic heterocycles. The van der Waals surface area contributed by atoms with Crippen LogP contribution in [-0.2, 0) is 11.8 Å². The number of benzene rings is 1. The van der Waals surface area contributed by atoms with Crippen LogP contribution >= 0.6 is 11.8 Å². The fourth-order valence-corrected chi connectivity index (χ4v) is 2.62. The lowest BCUT2D eigenvalue weighted by Gasteiger charge is -2.04. The number of nitrogens with two attached hydrogens (primary N) is 1. The molecule has 2 aromatic rings. The lowest BCUT2D eigenvalue weighted by molar-refractivity contribution is -0.387. The number of aryl methyl sites for hydroxylation is 1. The van der Waals surface area contributed by atoms with Crippen LogP contribution in [0.5, 0.6) is 0 Å². The van der Waals surface area contributed by atoms with E-state index in [0.29, 0.717) is 15.6 Å². The number of nitrogens with zero attached hydrogens (tertiary/aromatic N) is 4. The lowest BCUT2D eigenvalue weighted by Crippen LogP contribution is -2.12. The van der Waals surface area contributed by atoms with E-state index in [9.17, 15) is 14.9 Å². The molecule has 1 aromatic heterocycles. The number of hydrogen-bond donors (Lipinski definition) is 1. The zero-order valence-electron chi connectivity index (χ0n) is 12.0. The third-order valence-corrected chi connectivity index (χ3v) is 4.00. The Morgan fingerprint density at radius 1 is 1.57 bits per heavy atom. The first kappa shape index (κ1) is 16.3. The van der Waals surface area contributed by atoms with Crippen LogP contribution in [0.15, 0.2) is 46.2 Å². The normalized spacial score (nSPS) is 11.0. The molecular formula is C14H11N5O3S. The monoisotopic (exact) mass is 329 g/mol. The van der Waals surface area contributed by atoms with Crippen molar-refractivity contribution in [2.75, 3.05) is 0 Å². The van der Waals surface area contributed by atoms with E-state index >= 15 is 0 Å². The van der Waals surface area contributed by atoms with Gasteiger partial charge < -0.3 is 10.3 Å². The summed E-state index contributed by atoms with van der Waals surface area (Å²) in [5.74, 6) is -0.887. The molecule has 2 rings (SSSR count). The molecule has 1 heterocycles. The largest absolute Gasteiger partial charge is 0.365 e. The quantitative estimate of drug-likeness (QED) is 0.386. The predicted octanol–water partition coefficient (Wildman–Crippen LogP) is 1.87. The zero-order chi connectivity index (χ0) is 17.0. The molecule has 0 bridgehead atoms. The summed E-state index contributed by atoms with van der Waals surface area (Å²) in [5.41, 5.74) is 4.98. The molecular weight excluding hydrogens is 318 g/mol. The molecule has 9 heteroatoms. The Labute approximate surface area is 135 Å². The van der Waals surface area contributed by atoms with Crippen LogP contribution < -0.4 is 5.73 Å². The number of carbonyl (C=O) groups is 1. The molecule has 0 saturated heterocycles. The number of primary amides is 1. The van der Waals surface area contributed by atoms with Crippen LogP contribution in [-0.4, -0.2) is 20.4 Å². The topological polar surface area (TPSA) is 128 Å². The summed E-state index contributed by atoms with van der Waals surface area (Å²) in [5, 5.41) is 20.7. The van der Waals surface area contributed by atoms with Gasteiger partial charge in [0.15, 0.2) is 5.16 Å². The van der Waals surface area contributed by atoms with Gasteiger partial charge in [0.05, 0.1) is 9.82 Å². The van der Waals surface area contributed by atoms with Gasteiger partial charge in [0, 0.05) is 25.5 Å². The van der Waals surface area contributed by atoms with Crippen molar-refractivity contribution in [3.05, 3.63) is 51.8 Å². The van der Waals surface area contributed by atoms with Crippen LogP contribution in [0.4, 0.5) is 5.69 Å². The summed E-state index contributed by atoms with van der Waals surface area (Å²) in [6.45, 7) is 0. The number of rotatable bonds is 5. The molecule has 8 nitrogen and oxygen atoms in total. The van der Waals surface area contributed by atoms with Gasteiger partial charge >= 0.3 is 0 Å². The second-order valence-electron chi connectivity index (χ2n) is 4.44. The fraction of sp³-hybridized carbons (Fsp3) is 0.0714. The maximum atomic E-state index is 11.3. The maximum absolute atomic E-state index is 11.3. The number of carbonyl (C=O) groups excluding carboxylic acids is 1. The third-order valence-electron chi connectivity index (χ3n) is 2.85. The van der Waals surface area contributed by atoms with Gasteiger partial charge in [-0.3, -0.25) is 14.9 Å². The summed E-state index contributed by atoms with van der Waals surface area (Å²) in [4.78, 5) is 26.3. The van der Waals surface area contributed by atoms with E-state index < -0.39 is 10.8 Å². The van der Waals surface area contributed by atoms with Crippen LogP contribution in [0.25, 0.3) is 6.08 Å². The molecule has 0 aliphatic rings. The smallest absolute Gasteiger partial charge is 0.283 e. The minimum absolute atomic E-state index is 0.145. The highest BCUT2D eigenvalue weighted by atomic mass is 32.2. The van der Waals surface area contributed by atoms with E-state index in [-0.39, 0.29) is 11.3 Å². The summed E-state index contributed by atoms with van der Waals surface area (Å²) in [6, 6.07) is 6.05. The van der Waals surface area contributed by atoms with Gasteiger partial charge in [0.25, 0.3) is 11.6 Å².